The van der Waals surface area contributed by atoms with E-state index < -0.39 is 63.9 Å². The van der Waals surface area contributed by atoms with Crippen molar-refractivity contribution in [2.24, 2.45) is 5.92 Å². The quantitative estimate of drug-likeness (QED) is 0.215. The summed E-state index contributed by atoms with van der Waals surface area (Å²) in [5, 5.41) is -0.563. The van der Waals surface area contributed by atoms with Gasteiger partial charge in [0, 0.05) is 18.7 Å². The Balaban J connectivity index is 1.69. The summed E-state index contributed by atoms with van der Waals surface area (Å²) in [4.78, 5) is 0. The maximum Gasteiger partial charge on any atom is 0.429 e. The first-order chi connectivity index (χ1) is 17.3. The van der Waals surface area contributed by atoms with Gasteiger partial charge in [-0.15, -0.1) is 0 Å². The zero-order valence-electron chi connectivity index (χ0n) is 19.2. The van der Waals surface area contributed by atoms with E-state index in [0.717, 1.165) is 18.2 Å². The van der Waals surface area contributed by atoms with Gasteiger partial charge in [-0.25, -0.2) is 4.39 Å². The summed E-state index contributed by atoms with van der Waals surface area (Å²) in [5.74, 6) is -4.67. The van der Waals surface area contributed by atoms with Gasteiger partial charge in [0.25, 0.3) is 0 Å². The van der Waals surface area contributed by atoms with Gasteiger partial charge in [0.15, 0.2) is 0 Å². The molecule has 0 spiro atoms. The SMILES string of the molecule is CCOC1CCC(C(F)(F)Oc2ccc(C(F)(F)Oc3ccc(OC(F)=C(F)F)c(Cl)c3)c(F)c2)CC1. The molecule has 2 aromatic rings. The summed E-state index contributed by atoms with van der Waals surface area (Å²) >= 11 is 5.70. The van der Waals surface area contributed by atoms with Crippen LogP contribution >= 0.6 is 11.6 Å². The van der Waals surface area contributed by atoms with Crippen LogP contribution in [-0.4, -0.2) is 18.8 Å². The van der Waals surface area contributed by atoms with Crippen LogP contribution in [0.1, 0.15) is 38.2 Å². The molecule has 1 aliphatic carbocycles. The van der Waals surface area contributed by atoms with Gasteiger partial charge >= 0.3 is 24.3 Å². The highest BCUT2D eigenvalue weighted by atomic mass is 35.5. The molecule has 0 radical (unpaired) electrons. The third-order valence-corrected chi connectivity index (χ3v) is 5.85. The van der Waals surface area contributed by atoms with Crippen molar-refractivity contribution in [1.29, 1.82) is 0 Å². The van der Waals surface area contributed by atoms with E-state index in [0.29, 0.717) is 37.6 Å². The number of benzene rings is 2. The van der Waals surface area contributed by atoms with E-state index in [1.54, 1.807) is 6.92 Å². The van der Waals surface area contributed by atoms with Crippen molar-refractivity contribution >= 4 is 11.6 Å². The van der Waals surface area contributed by atoms with Gasteiger partial charge in [-0.3, -0.25) is 0 Å². The second-order valence-electron chi connectivity index (χ2n) is 8.08. The zero-order valence-corrected chi connectivity index (χ0v) is 19.9. The summed E-state index contributed by atoms with van der Waals surface area (Å²) in [6, 6.07) is 1.67. The van der Waals surface area contributed by atoms with E-state index in [1.165, 1.54) is 0 Å². The van der Waals surface area contributed by atoms with Gasteiger partial charge in [-0.05, 0) is 56.9 Å². The van der Waals surface area contributed by atoms with Crippen molar-refractivity contribution in [3.63, 3.8) is 0 Å². The second-order valence-corrected chi connectivity index (χ2v) is 8.49. The van der Waals surface area contributed by atoms with Crippen LogP contribution in [0.15, 0.2) is 48.5 Å². The van der Waals surface area contributed by atoms with E-state index in [2.05, 4.69) is 14.2 Å². The molecule has 0 unspecified atom stereocenters. The zero-order chi connectivity index (χ0) is 27.4. The van der Waals surface area contributed by atoms with Crippen LogP contribution in [0, 0.1) is 11.7 Å². The predicted octanol–water partition coefficient (Wildman–Crippen LogP) is 8.59. The normalized spacial score (nSPS) is 18.3. The molecular formula is C24H21ClF8O4. The standard InChI is InChI=1S/C24H21ClF8O4/c1-2-34-14-5-3-13(4-6-14)23(30,31)36-16-7-9-17(19(26)12-16)24(32,33)37-15-8-10-20(18(25)11-15)35-22(29)21(27)28/h7-14H,2-6H2,1H3. The Hall–Kier alpha value is -2.73. The Kier molecular flexibility index (Phi) is 9.17. The molecule has 2 aromatic carbocycles. The molecular weight excluding hydrogens is 540 g/mol. The summed E-state index contributed by atoms with van der Waals surface area (Å²) in [6.45, 7) is 2.27. The van der Waals surface area contributed by atoms with Crippen LogP contribution in [0.4, 0.5) is 35.1 Å². The topological polar surface area (TPSA) is 36.9 Å². The van der Waals surface area contributed by atoms with Crippen molar-refractivity contribution in [2.45, 2.75) is 50.9 Å². The molecule has 3 rings (SSSR count). The van der Waals surface area contributed by atoms with Gasteiger partial charge in [-0.2, -0.15) is 30.7 Å². The lowest BCUT2D eigenvalue weighted by molar-refractivity contribution is -0.225. The minimum absolute atomic E-state index is 0.113. The Bertz CT molecular complexity index is 1120. The number of ether oxygens (including phenoxy) is 4. The maximum absolute atomic E-state index is 14.6. The van der Waals surface area contributed by atoms with Crippen LogP contribution in [0.5, 0.6) is 17.2 Å². The molecule has 1 saturated carbocycles. The van der Waals surface area contributed by atoms with Crippen LogP contribution in [0.2, 0.25) is 5.02 Å². The van der Waals surface area contributed by atoms with E-state index in [9.17, 15) is 35.1 Å². The van der Waals surface area contributed by atoms with Crippen molar-refractivity contribution in [3.8, 4) is 17.2 Å². The fraction of sp³-hybridized carbons (Fsp3) is 0.417. The van der Waals surface area contributed by atoms with Crippen molar-refractivity contribution in [1.82, 2.24) is 0 Å². The van der Waals surface area contributed by atoms with Crippen LogP contribution in [0.3, 0.4) is 0 Å². The van der Waals surface area contributed by atoms with E-state index >= 15 is 0 Å². The van der Waals surface area contributed by atoms with Crippen LogP contribution < -0.4 is 14.2 Å². The molecule has 204 valence electrons. The monoisotopic (exact) mass is 560 g/mol. The first-order valence-corrected chi connectivity index (χ1v) is 11.4. The van der Waals surface area contributed by atoms with Crippen molar-refractivity contribution < 1.29 is 54.1 Å². The molecule has 0 atom stereocenters. The third-order valence-electron chi connectivity index (χ3n) is 5.56. The summed E-state index contributed by atoms with van der Waals surface area (Å²) in [5.41, 5.74) is -1.30. The highest BCUT2D eigenvalue weighted by Gasteiger charge is 2.45. The Labute approximate surface area is 211 Å². The number of hydrogen-bond donors (Lipinski definition) is 0. The minimum Gasteiger partial charge on any atom is -0.432 e. The maximum atomic E-state index is 14.6. The minimum atomic E-state index is -4.31. The largest absolute Gasteiger partial charge is 0.432 e. The van der Waals surface area contributed by atoms with Gasteiger partial charge in [-0.1, -0.05) is 11.6 Å². The molecule has 0 aliphatic heterocycles. The van der Waals surface area contributed by atoms with E-state index in [1.807, 2.05) is 0 Å². The average molecular weight is 561 g/mol. The highest BCUT2D eigenvalue weighted by Crippen LogP contribution is 2.41. The number of alkyl halides is 4. The number of rotatable bonds is 10. The molecule has 13 heteroatoms. The van der Waals surface area contributed by atoms with Gasteiger partial charge in [0.05, 0.1) is 17.0 Å². The van der Waals surface area contributed by atoms with Crippen LogP contribution in [-0.2, 0) is 10.8 Å². The summed E-state index contributed by atoms with van der Waals surface area (Å²) < 4.78 is 129. The molecule has 4 nitrogen and oxygen atoms in total. The fourth-order valence-electron chi connectivity index (χ4n) is 3.80. The Morgan fingerprint density at radius 3 is 2.11 bits per heavy atom. The van der Waals surface area contributed by atoms with Gasteiger partial charge < -0.3 is 18.9 Å². The van der Waals surface area contributed by atoms with Crippen molar-refractivity contribution in [2.75, 3.05) is 6.61 Å². The third kappa shape index (κ3) is 7.41. The average Bonchev–Trinajstić information content (AvgIpc) is 2.80. The summed E-state index contributed by atoms with van der Waals surface area (Å²) in [7, 11) is 0. The lowest BCUT2D eigenvalue weighted by Crippen LogP contribution is -2.38. The molecule has 0 N–H and O–H groups in total. The Morgan fingerprint density at radius 1 is 0.919 bits per heavy atom. The fourth-order valence-corrected chi connectivity index (χ4v) is 4.01. The summed E-state index contributed by atoms with van der Waals surface area (Å²) in [6.07, 6.45) is -9.82. The molecule has 1 fully saturated rings. The molecule has 0 amide bonds. The van der Waals surface area contributed by atoms with E-state index in [-0.39, 0.29) is 18.9 Å². The molecule has 37 heavy (non-hydrogen) atoms. The first-order valence-electron chi connectivity index (χ1n) is 11.1. The lowest BCUT2D eigenvalue weighted by atomic mass is 9.86. The van der Waals surface area contributed by atoms with Crippen LogP contribution in [0.25, 0.3) is 0 Å². The molecule has 0 heterocycles. The number of hydrogen-bond acceptors (Lipinski definition) is 4. The molecule has 1 aliphatic rings. The molecule has 0 saturated heterocycles. The Morgan fingerprint density at radius 2 is 1.54 bits per heavy atom. The van der Waals surface area contributed by atoms with E-state index in [4.69, 9.17) is 16.3 Å². The number of halogens is 9. The van der Waals surface area contributed by atoms with Gasteiger partial charge in [0.2, 0.25) is 0 Å². The first kappa shape index (κ1) is 28.8. The second kappa shape index (κ2) is 11.8. The highest BCUT2D eigenvalue weighted by molar-refractivity contribution is 6.32. The van der Waals surface area contributed by atoms with Crippen molar-refractivity contribution in [3.05, 3.63) is 64.9 Å². The molecule has 0 aromatic heterocycles. The van der Waals surface area contributed by atoms with Gasteiger partial charge in [0.1, 0.15) is 28.6 Å². The smallest absolute Gasteiger partial charge is 0.429 e. The lowest BCUT2D eigenvalue weighted by Gasteiger charge is -2.33. The molecule has 0 bridgehead atoms. The predicted molar refractivity (Wildman–Crippen MR) is 116 cm³/mol.